The van der Waals surface area contributed by atoms with E-state index in [2.05, 4.69) is 5.32 Å². The van der Waals surface area contributed by atoms with Crippen molar-refractivity contribution in [3.05, 3.63) is 0 Å². The second kappa shape index (κ2) is 3.75. The van der Waals surface area contributed by atoms with Crippen LogP contribution in [0.25, 0.3) is 0 Å². The lowest BCUT2D eigenvalue weighted by Gasteiger charge is -2.38. The van der Waals surface area contributed by atoms with E-state index in [1.807, 2.05) is 6.92 Å². The number of carboxylic acid groups (broad SMARTS) is 1. The number of carbonyl (C=O) groups is 2. The Morgan fingerprint density at radius 2 is 1.69 bits per heavy atom. The van der Waals surface area contributed by atoms with E-state index in [9.17, 15) is 9.59 Å². The molecule has 0 aromatic heterocycles. The van der Waals surface area contributed by atoms with Gasteiger partial charge in [0.25, 0.3) is 0 Å². The largest absolute Gasteiger partial charge is 0.481 e. The molecule has 1 aliphatic rings. The molecule has 1 rings (SSSR count). The summed E-state index contributed by atoms with van der Waals surface area (Å²) < 4.78 is 0. The van der Waals surface area contributed by atoms with Crippen LogP contribution in [-0.2, 0) is 9.59 Å². The fourth-order valence-electron chi connectivity index (χ4n) is 1.51. The van der Waals surface area contributed by atoms with Gasteiger partial charge in [-0.15, -0.1) is 0 Å². The fraction of sp³-hybridized carbons (Fsp3) is 0.833. The Balaban J connectivity index is 2.71. The lowest BCUT2D eigenvalue weighted by atomic mass is 9.74. The zero-order chi connectivity index (χ0) is 12.7. The van der Waals surface area contributed by atoms with Gasteiger partial charge in [-0.05, 0) is 40.0 Å². The third-order valence-electron chi connectivity index (χ3n) is 3.98. The minimum Gasteiger partial charge on any atom is -0.481 e. The lowest BCUT2D eigenvalue weighted by Crippen LogP contribution is -2.57. The van der Waals surface area contributed by atoms with Gasteiger partial charge in [-0.2, -0.15) is 0 Å². The Labute approximate surface area is 96.4 Å². The van der Waals surface area contributed by atoms with Crippen LogP contribution in [0.15, 0.2) is 0 Å². The van der Waals surface area contributed by atoms with Gasteiger partial charge < -0.3 is 10.4 Å². The van der Waals surface area contributed by atoms with Crippen LogP contribution in [0.5, 0.6) is 0 Å². The summed E-state index contributed by atoms with van der Waals surface area (Å²) in [7, 11) is 0. The number of amides is 1. The summed E-state index contributed by atoms with van der Waals surface area (Å²) >= 11 is 0. The van der Waals surface area contributed by atoms with Crippen LogP contribution < -0.4 is 5.32 Å². The highest BCUT2D eigenvalue weighted by Crippen LogP contribution is 2.39. The van der Waals surface area contributed by atoms with Crippen molar-refractivity contribution in [1.29, 1.82) is 0 Å². The van der Waals surface area contributed by atoms with Crippen LogP contribution in [0.3, 0.4) is 0 Å². The molecule has 2 unspecified atom stereocenters. The smallest absolute Gasteiger partial charge is 0.311 e. The van der Waals surface area contributed by atoms with E-state index in [1.54, 1.807) is 27.7 Å². The number of aliphatic carboxylic acids is 1. The number of carbonyl (C=O) groups excluding carboxylic acids is 1. The van der Waals surface area contributed by atoms with Crippen molar-refractivity contribution in [2.75, 3.05) is 0 Å². The molecule has 1 aliphatic carbocycles. The Bertz CT molecular complexity index is 320. The minimum atomic E-state index is -0.985. The minimum absolute atomic E-state index is 0.0215. The van der Waals surface area contributed by atoms with E-state index < -0.39 is 16.9 Å². The summed E-state index contributed by atoms with van der Waals surface area (Å²) in [6.45, 7) is 8.80. The first-order chi connectivity index (χ1) is 7.09. The quantitative estimate of drug-likeness (QED) is 0.767. The Kier molecular flexibility index (Phi) is 3.05. The first-order valence-corrected chi connectivity index (χ1v) is 5.65. The maximum Gasteiger partial charge on any atom is 0.311 e. The van der Waals surface area contributed by atoms with Crippen molar-refractivity contribution >= 4 is 11.9 Å². The first kappa shape index (κ1) is 13.0. The summed E-state index contributed by atoms with van der Waals surface area (Å²) in [4.78, 5) is 22.9. The van der Waals surface area contributed by atoms with E-state index in [-0.39, 0.29) is 11.8 Å². The fourth-order valence-corrected chi connectivity index (χ4v) is 1.51. The molecule has 0 aromatic rings. The Morgan fingerprint density at radius 3 is 2.00 bits per heavy atom. The molecule has 0 spiro atoms. The molecule has 0 saturated heterocycles. The predicted molar refractivity (Wildman–Crippen MR) is 60.9 cm³/mol. The second-order valence-corrected chi connectivity index (χ2v) is 5.86. The maximum absolute atomic E-state index is 11.8. The molecule has 2 atom stereocenters. The predicted octanol–water partition coefficient (Wildman–Crippen LogP) is 1.65. The molecule has 0 bridgehead atoms. The zero-order valence-electron chi connectivity index (χ0n) is 10.6. The van der Waals surface area contributed by atoms with Crippen LogP contribution in [0.1, 0.15) is 41.0 Å². The molecule has 4 nitrogen and oxygen atoms in total. The van der Waals surface area contributed by atoms with E-state index in [1.165, 1.54) is 0 Å². The molecular weight excluding hydrogens is 206 g/mol. The van der Waals surface area contributed by atoms with Crippen LogP contribution in [0, 0.1) is 17.3 Å². The molecule has 1 fully saturated rings. The monoisotopic (exact) mass is 227 g/mol. The Morgan fingerprint density at radius 1 is 1.25 bits per heavy atom. The summed E-state index contributed by atoms with van der Waals surface area (Å²) in [5.74, 6) is -0.416. The molecule has 92 valence electrons. The van der Waals surface area contributed by atoms with Crippen molar-refractivity contribution < 1.29 is 14.7 Å². The summed E-state index contributed by atoms with van der Waals surface area (Å²) in [5.41, 5.74) is -1.74. The normalized spacial score (nSPS) is 25.1. The van der Waals surface area contributed by atoms with Gasteiger partial charge in [-0.1, -0.05) is 6.92 Å². The van der Waals surface area contributed by atoms with Crippen molar-refractivity contribution in [2.45, 2.75) is 46.6 Å². The van der Waals surface area contributed by atoms with Gasteiger partial charge in [-0.25, -0.2) is 0 Å². The molecule has 1 saturated carbocycles. The summed E-state index contributed by atoms with van der Waals surface area (Å²) in [6.07, 6.45) is 0.912. The highest BCUT2D eigenvalue weighted by atomic mass is 16.4. The van der Waals surface area contributed by atoms with E-state index in [0.29, 0.717) is 5.92 Å². The van der Waals surface area contributed by atoms with Crippen molar-refractivity contribution in [1.82, 2.24) is 5.32 Å². The van der Waals surface area contributed by atoms with Crippen LogP contribution in [0.2, 0.25) is 0 Å². The highest BCUT2D eigenvalue weighted by molar-refractivity contribution is 5.84. The van der Waals surface area contributed by atoms with Crippen molar-refractivity contribution in [3.8, 4) is 0 Å². The van der Waals surface area contributed by atoms with Gasteiger partial charge in [0.05, 0.1) is 5.41 Å². The molecular formula is C12H21NO3. The van der Waals surface area contributed by atoms with Crippen LogP contribution >= 0.6 is 0 Å². The zero-order valence-corrected chi connectivity index (χ0v) is 10.6. The van der Waals surface area contributed by atoms with Crippen molar-refractivity contribution in [2.24, 2.45) is 17.3 Å². The molecule has 4 heteroatoms. The number of nitrogens with one attached hydrogen (secondary N) is 1. The van der Waals surface area contributed by atoms with Gasteiger partial charge >= 0.3 is 5.97 Å². The van der Waals surface area contributed by atoms with Gasteiger partial charge in [0.1, 0.15) is 0 Å². The molecule has 16 heavy (non-hydrogen) atoms. The lowest BCUT2D eigenvalue weighted by molar-refractivity contribution is -0.151. The van der Waals surface area contributed by atoms with E-state index >= 15 is 0 Å². The molecule has 0 aromatic carbocycles. The number of hydrogen-bond donors (Lipinski definition) is 2. The molecule has 1 amide bonds. The molecule has 2 N–H and O–H groups in total. The highest BCUT2D eigenvalue weighted by Gasteiger charge is 2.47. The number of carboxylic acids is 1. The van der Waals surface area contributed by atoms with Crippen LogP contribution in [0.4, 0.5) is 0 Å². The third kappa shape index (κ3) is 2.20. The van der Waals surface area contributed by atoms with Gasteiger partial charge in [0, 0.05) is 11.5 Å². The molecule has 0 radical (unpaired) electrons. The van der Waals surface area contributed by atoms with E-state index in [0.717, 1.165) is 6.42 Å². The molecule has 0 aliphatic heterocycles. The molecule has 0 heterocycles. The topological polar surface area (TPSA) is 66.4 Å². The average molecular weight is 227 g/mol. The van der Waals surface area contributed by atoms with E-state index in [4.69, 9.17) is 5.11 Å². The van der Waals surface area contributed by atoms with Gasteiger partial charge in [0.15, 0.2) is 0 Å². The summed E-state index contributed by atoms with van der Waals surface area (Å²) in [5, 5.41) is 12.0. The number of hydrogen-bond acceptors (Lipinski definition) is 2. The second-order valence-electron chi connectivity index (χ2n) is 5.86. The van der Waals surface area contributed by atoms with Gasteiger partial charge in [0.2, 0.25) is 5.91 Å². The van der Waals surface area contributed by atoms with Gasteiger partial charge in [-0.3, -0.25) is 9.59 Å². The number of rotatable bonds is 4. The average Bonchev–Trinajstić information content (AvgIpc) is 2.81. The first-order valence-electron chi connectivity index (χ1n) is 5.65. The Hall–Kier alpha value is -1.06. The third-order valence-corrected chi connectivity index (χ3v) is 3.98. The van der Waals surface area contributed by atoms with Crippen LogP contribution in [-0.4, -0.2) is 22.5 Å². The SMILES string of the molecule is CC1CC1C(=O)NC(C)(C)C(C)(C)C(=O)O. The summed E-state index contributed by atoms with van der Waals surface area (Å²) in [6, 6.07) is 0. The maximum atomic E-state index is 11.8. The van der Waals surface area contributed by atoms with Crippen molar-refractivity contribution in [3.63, 3.8) is 0 Å². The standard InChI is InChI=1S/C12H21NO3/c1-7-6-8(7)9(14)13-12(4,5)11(2,3)10(15)16/h7-8H,6H2,1-5H3,(H,13,14)(H,15,16).